The molecule has 0 aliphatic rings. The van der Waals surface area contributed by atoms with E-state index in [-0.39, 0.29) is 0 Å². The number of rotatable bonds is 3. The van der Waals surface area contributed by atoms with Crippen LogP contribution in [0.15, 0.2) is 24.3 Å². The molecule has 0 aromatic heterocycles. The van der Waals surface area contributed by atoms with Crippen LogP contribution in [-0.2, 0) is 11.0 Å². The number of nitro groups is 1. The second-order valence-corrected chi connectivity index (χ2v) is 3.17. The molecule has 1 aromatic rings. The van der Waals surface area contributed by atoms with E-state index in [9.17, 15) is 28.1 Å². The van der Waals surface area contributed by atoms with Crippen molar-refractivity contribution in [2.75, 3.05) is 0 Å². The summed E-state index contributed by atoms with van der Waals surface area (Å²) < 4.78 is 38.1. The Bertz CT molecular complexity index is 522. The lowest BCUT2D eigenvalue weighted by molar-refractivity contribution is -0.388. The fourth-order valence-corrected chi connectivity index (χ4v) is 1.32. The van der Waals surface area contributed by atoms with Gasteiger partial charge in [-0.25, -0.2) is 4.79 Å². The zero-order valence-corrected chi connectivity index (χ0v) is 8.64. The number of alkyl halides is 3. The van der Waals surface area contributed by atoms with E-state index in [1.54, 1.807) is 0 Å². The summed E-state index contributed by atoms with van der Waals surface area (Å²) >= 11 is 0. The van der Waals surface area contributed by atoms with Crippen molar-refractivity contribution in [2.45, 2.75) is 6.18 Å². The lowest BCUT2D eigenvalue weighted by atomic mass is 10.0. The van der Waals surface area contributed by atoms with Crippen LogP contribution in [0.4, 0.5) is 18.9 Å². The highest BCUT2D eigenvalue weighted by Crippen LogP contribution is 2.38. The van der Waals surface area contributed by atoms with E-state index in [4.69, 9.17) is 5.11 Å². The van der Waals surface area contributed by atoms with Crippen LogP contribution in [0, 0.1) is 10.1 Å². The highest BCUT2D eigenvalue weighted by molar-refractivity contribution is 5.86. The van der Waals surface area contributed by atoms with Gasteiger partial charge in [-0.05, 0) is 11.6 Å². The van der Waals surface area contributed by atoms with Crippen molar-refractivity contribution >= 4 is 17.7 Å². The third-order valence-corrected chi connectivity index (χ3v) is 1.96. The number of aliphatic carboxylic acids is 1. The van der Waals surface area contributed by atoms with Crippen molar-refractivity contribution in [3.63, 3.8) is 0 Å². The number of hydrogen-bond donors (Lipinski definition) is 1. The maximum absolute atomic E-state index is 12.7. The first-order chi connectivity index (χ1) is 8.23. The molecular weight excluding hydrogens is 255 g/mol. The number of carbonyl (C=O) groups is 1. The molecule has 0 saturated carbocycles. The number of carboxylic acids is 1. The van der Waals surface area contributed by atoms with Gasteiger partial charge in [0.1, 0.15) is 5.56 Å². The van der Waals surface area contributed by atoms with Gasteiger partial charge in [0.2, 0.25) is 0 Å². The summed E-state index contributed by atoms with van der Waals surface area (Å²) in [5, 5.41) is 18.9. The van der Waals surface area contributed by atoms with E-state index in [1.165, 1.54) is 0 Å². The molecule has 5 nitrogen and oxygen atoms in total. The van der Waals surface area contributed by atoms with Gasteiger partial charge in [-0.15, -0.1) is 0 Å². The van der Waals surface area contributed by atoms with Crippen molar-refractivity contribution in [2.24, 2.45) is 0 Å². The molecule has 8 heteroatoms. The molecule has 0 atom stereocenters. The molecule has 0 amide bonds. The summed E-state index contributed by atoms with van der Waals surface area (Å²) in [5.74, 6) is -1.45. The van der Waals surface area contributed by atoms with Gasteiger partial charge in [0.15, 0.2) is 0 Å². The van der Waals surface area contributed by atoms with E-state index in [0.29, 0.717) is 18.2 Å². The first-order valence-corrected chi connectivity index (χ1v) is 4.49. The van der Waals surface area contributed by atoms with Crippen LogP contribution in [0.5, 0.6) is 0 Å². The van der Waals surface area contributed by atoms with Crippen molar-refractivity contribution < 1.29 is 28.0 Å². The minimum atomic E-state index is -4.94. The van der Waals surface area contributed by atoms with Gasteiger partial charge in [0.05, 0.1) is 4.92 Å². The van der Waals surface area contributed by atoms with Gasteiger partial charge >= 0.3 is 12.1 Å². The van der Waals surface area contributed by atoms with Gasteiger partial charge in [-0.1, -0.05) is 12.1 Å². The first kappa shape index (κ1) is 13.7. The normalized spacial score (nSPS) is 11.7. The third-order valence-electron chi connectivity index (χ3n) is 1.96. The van der Waals surface area contributed by atoms with Gasteiger partial charge in [-0.3, -0.25) is 10.1 Å². The second kappa shape index (κ2) is 4.86. The molecule has 0 spiro atoms. The summed E-state index contributed by atoms with van der Waals surface area (Å²) in [5.41, 5.74) is -3.15. The molecule has 0 unspecified atom stereocenters. The van der Waals surface area contributed by atoms with Crippen molar-refractivity contribution in [1.29, 1.82) is 0 Å². The predicted octanol–water partition coefficient (Wildman–Crippen LogP) is 2.71. The van der Waals surface area contributed by atoms with Gasteiger partial charge in [0.25, 0.3) is 5.69 Å². The lowest BCUT2D eigenvalue weighted by Crippen LogP contribution is -2.11. The summed E-state index contributed by atoms with van der Waals surface area (Å²) in [6.07, 6.45) is -3.80. The highest BCUT2D eigenvalue weighted by Gasteiger charge is 2.40. The summed E-state index contributed by atoms with van der Waals surface area (Å²) in [4.78, 5) is 19.6. The Balaban J connectivity index is 3.48. The van der Waals surface area contributed by atoms with E-state index in [1.807, 2.05) is 0 Å². The van der Waals surface area contributed by atoms with Crippen LogP contribution >= 0.6 is 0 Å². The molecule has 0 aliphatic carbocycles. The predicted molar refractivity (Wildman–Crippen MR) is 54.8 cm³/mol. The van der Waals surface area contributed by atoms with E-state index in [0.717, 1.165) is 12.1 Å². The molecule has 0 heterocycles. The van der Waals surface area contributed by atoms with E-state index >= 15 is 0 Å². The third kappa shape index (κ3) is 3.06. The molecule has 0 aliphatic heterocycles. The summed E-state index contributed by atoms with van der Waals surface area (Å²) in [6.45, 7) is 0. The van der Waals surface area contributed by atoms with E-state index < -0.39 is 33.9 Å². The molecule has 0 radical (unpaired) electrons. The molecule has 1 aromatic carbocycles. The van der Waals surface area contributed by atoms with Crippen LogP contribution in [0.1, 0.15) is 11.1 Å². The number of nitro benzene ring substituents is 1. The van der Waals surface area contributed by atoms with Crippen molar-refractivity contribution in [1.82, 2.24) is 0 Å². The smallest absolute Gasteiger partial charge is 0.423 e. The standard InChI is InChI=1S/C10H6F3NO4/c11-10(12,13)9-6(4-5-8(15)16)2-1-3-7(9)14(17)18/h1-5H,(H,15,16)/b5-4+. The maximum atomic E-state index is 12.7. The Labute approximate surface area is 98.3 Å². The maximum Gasteiger partial charge on any atom is 0.423 e. The summed E-state index contributed by atoms with van der Waals surface area (Å²) in [6, 6.07) is 2.71. The number of halogens is 3. The lowest BCUT2D eigenvalue weighted by Gasteiger charge is -2.10. The summed E-state index contributed by atoms with van der Waals surface area (Å²) in [7, 11) is 0. The Morgan fingerprint density at radius 1 is 1.39 bits per heavy atom. The Morgan fingerprint density at radius 3 is 2.44 bits per heavy atom. The molecule has 0 saturated heterocycles. The minimum Gasteiger partial charge on any atom is -0.478 e. The highest BCUT2D eigenvalue weighted by atomic mass is 19.4. The van der Waals surface area contributed by atoms with Gasteiger partial charge in [0, 0.05) is 12.1 Å². The average Bonchev–Trinajstić information content (AvgIpc) is 2.24. The van der Waals surface area contributed by atoms with Crippen LogP contribution in [-0.4, -0.2) is 16.0 Å². The fraction of sp³-hybridized carbons (Fsp3) is 0.100. The topological polar surface area (TPSA) is 80.4 Å². The number of hydrogen-bond acceptors (Lipinski definition) is 3. The molecular formula is C10H6F3NO4. The van der Waals surface area contributed by atoms with Gasteiger partial charge in [-0.2, -0.15) is 13.2 Å². The molecule has 1 rings (SSSR count). The number of nitrogens with zero attached hydrogens (tertiary/aromatic N) is 1. The Hall–Kier alpha value is -2.38. The van der Waals surface area contributed by atoms with Crippen molar-refractivity contribution in [3.8, 4) is 0 Å². The molecule has 18 heavy (non-hydrogen) atoms. The SMILES string of the molecule is O=C(O)/C=C/c1cccc([N+](=O)[O-])c1C(F)(F)F. The van der Waals surface area contributed by atoms with Crippen LogP contribution in [0.2, 0.25) is 0 Å². The largest absolute Gasteiger partial charge is 0.478 e. The molecule has 0 fully saturated rings. The second-order valence-electron chi connectivity index (χ2n) is 3.17. The van der Waals surface area contributed by atoms with Gasteiger partial charge < -0.3 is 5.11 Å². The molecule has 1 N–H and O–H groups in total. The first-order valence-electron chi connectivity index (χ1n) is 4.49. The zero-order chi connectivity index (χ0) is 13.9. The Kier molecular flexibility index (Phi) is 3.70. The number of carboxylic acid groups (broad SMARTS) is 1. The monoisotopic (exact) mass is 261 g/mol. The average molecular weight is 261 g/mol. The van der Waals surface area contributed by atoms with Crippen LogP contribution < -0.4 is 0 Å². The van der Waals surface area contributed by atoms with Crippen molar-refractivity contribution in [3.05, 3.63) is 45.5 Å². The minimum absolute atomic E-state index is 0.480. The van der Waals surface area contributed by atoms with Crippen LogP contribution in [0.3, 0.4) is 0 Å². The van der Waals surface area contributed by atoms with Crippen LogP contribution in [0.25, 0.3) is 6.08 Å². The fourth-order valence-electron chi connectivity index (χ4n) is 1.32. The quantitative estimate of drug-likeness (QED) is 0.515. The zero-order valence-electron chi connectivity index (χ0n) is 8.64. The Morgan fingerprint density at radius 2 is 2.00 bits per heavy atom. The number of benzene rings is 1. The molecule has 0 bridgehead atoms. The van der Waals surface area contributed by atoms with E-state index in [2.05, 4.69) is 0 Å². The molecule has 96 valence electrons.